The van der Waals surface area contributed by atoms with Crippen molar-refractivity contribution in [3.63, 3.8) is 0 Å². The Morgan fingerprint density at radius 1 is 1.50 bits per heavy atom. The summed E-state index contributed by atoms with van der Waals surface area (Å²) in [5, 5.41) is 24.3. The van der Waals surface area contributed by atoms with E-state index >= 15 is 0 Å². The maximum Gasteiger partial charge on any atom is 0.292 e. The largest absolute Gasteiger partial charge is 0.497 e. The number of hydrogen-bond acceptors (Lipinski definition) is 6. The van der Waals surface area contributed by atoms with Gasteiger partial charge in [-0.3, -0.25) is 10.1 Å². The molecule has 0 radical (unpaired) electrons. The van der Waals surface area contributed by atoms with E-state index in [4.69, 9.17) is 9.47 Å². The number of anilines is 1. The van der Waals surface area contributed by atoms with Crippen molar-refractivity contribution >= 4 is 11.4 Å². The van der Waals surface area contributed by atoms with Crippen molar-refractivity contribution in [1.82, 2.24) is 0 Å². The highest BCUT2D eigenvalue weighted by Gasteiger charge is 2.30. The summed E-state index contributed by atoms with van der Waals surface area (Å²) < 4.78 is 10.3. The predicted molar refractivity (Wildman–Crippen MR) is 73.1 cm³/mol. The lowest BCUT2D eigenvalue weighted by atomic mass is 9.94. The van der Waals surface area contributed by atoms with Gasteiger partial charge in [0.25, 0.3) is 5.69 Å². The second kappa shape index (κ2) is 6.06. The summed E-state index contributed by atoms with van der Waals surface area (Å²) in [5.74, 6) is 0.525. The van der Waals surface area contributed by atoms with E-state index in [0.717, 1.165) is 0 Å². The van der Waals surface area contributed by atoms with Crippen LogP contribution in [0, 0.1) is 10.1 Å². The molecule has 0 aromatic heterocycles. The van der Waals surface area contributed by atoms with E-state index in [1.807, 2.05) is 0 Å². The third-order valence-electron chi connectivity index (χ3n) is 3.43. The Kier molecular flexibility index (Phi) is 4.41. The van der Waals surface area contributed by atoms with Crippen molar-refractivity contribution in [3.05, 3.63) is 28.3 Å². The van der Waals surface area contributed by atoms with Crippen LogP contribution in [0.2, 0.25) is 0 Å². The van der Waals surface area contributed by atoms with Crippen molar-refractivity contribution in [3.8, 4) is 5.75 Å². The lowest BCUT2D eigenvalue weighted by molar-refractivity contribution is -0.384. The van der Waals surface area contributed by atoms with Crippen molar-refractivity contribution < 1.29 is 19.5 Å². The Morgan fingerprint density at radius 2 is 2.20 bits per heavy atom. The first-order valence-corrected chi connectivity index (χ1v) is 6.40. The van der Waals surface area contributed by atoms with E-state index in [2.05, 4.69) is 5.32 Å². The number of nitro groups is 1. The van der Waals surface area contributed by atoms with Crippen LogP contribution in [0.25, 0.3) is 0 Å². The van der Waals surface area contributed by atoms with E-state index in [1.54, 1.807) is 6.07 Å². The maximum atomic E-state index is 11.0. The number of ether oxygens (including phenoxy) is 2. The average Bonchev–Trinajstić information content (AvgIpc) is 2.45. The summed E-state index contributed by atoms with van der Waals surface area (Å²) in [5.41, 5.74) is -0.592. The SMILES string of the molecule is COc1ccc([N+](=O)[O-])c(NCC2(O)CCOCC2)c1. The molecule has 1 aromatic rings. The van der Waals surface area contributed by atoms with Gasteiger partial charge in [0.05, 0.1) is 17.6 Å². The maximum absolute atomic E-state index is 11.0. The molecule has 2 N–H and O–H groups in total. The molecule has 7 heteroatoms. The molecule has 0 bridgehead atoms. The Hall–Kier alpha value is -1.86. The summed E-state index contributed by atoms with van der Waals surface area (Å²) in [6, 6.07) is 4.47. The molecule has 1 aliphatic heterocycles. The fourth-order valence-corrected chi connectivity index (χ4v) is 2.13. The van der Waals surface area contributed by atoms with Gasteiger partial charge in [0.15, 0.2) is 0 Å². The van der Waals surface area contributed by atoms with Crippen molar-refractivity contribution in [2.45, 2.75) is 18.4 Å². The minimum atomic E-state index is -0.894. The number of benzene rings is 1. The van der Waals surface area contributed by atoms with Crippen LogP contribution in [-0.4, -0.2) is 42.5 Å². The van der Waals surface area contributed by atoms with Gasteiger partial charge in [0.1, 0.15) is 11.4 Å². The lowest BCUT2D eigenvalue weighted by Gasteiger charge is -2.32. The molecule has 1 heterocycles. The van der Waals surface area contributed by atoms with Crippen LogP contribution in [0.1, 0.15) is 12.8 Å². The summed E-state index contributed by atoms with van der Waals surface area (Å²) in [6.07, 6.45) is 1.02. The topological polar surface area (TPSA) is 93.9 Å². The minimum absolute atomic E-state index is 0.0403. The van der Waals surface area contributed by atoms with Crippen LogP contribution in [0.4, 0.5) is 11.4 Å². The molecule has 7 nitrogen and oxygen atoms in total. The number of aliphatic hydroxyl groups is 1. The van der Waals surface area contributed by atoms with Crippen LogP contribution in [0.15, 0.2) is 18.2 Å². The first kappa shape index (κ1) is 14.5. The number of nitrogens with one attached hydrogen (secondary N) is 1. The Labute approximate surface area is 116 Å². The Balaban J connectivity index is 2.12. The van der Waals surface area contributed by atoms with Crippen molar-refractivity contribution in [2.75, 3.05) is 32.2 Å². The molecule has 110 valence electrons. The van der Waals surface area contributed by atoms with Gasteiger partial charge in [-0.15, -0.1) is 0 Å². The van der Waals surface area contributed by atoms with Gasteiger partial charge < -0.3 is 19.9 Å². The number of hydrogen-bond donors (Lipinski definition) is 2. The van der Waals surface area contributed by atoms with E-state index in [9.17, 15) is 15.2 Å². The van der Waals surface area contributed by atoms with E-state index in [0.29, 0.717) is 37.5 Å². The molecule has 1 saturated heterocycles. The molecule has 0 atom stereocenters. The van der Waals surface area contributed by atoms with Crippen LogP contribution in [0.3, 0.4) is 0 Å². The quantitative estimate of drug-likeness (QED) is 0.628. The number of rotatable bonds is 5. The van der Waals surface area contributed by atoms with Gasteiger partial charge in [0, 0.05) is 44.7 Å². The fourth-order valence-electron chi connectivity index (χ4n) is 2.13. The highest BCUT2D eigenvalue weighted by Crippen LogP contribution is 2.30. The Morgan fingerprint density at radius 3 is 2.80 bits per heavy atom. The van der Waals surface area contributed by atoms with Gasteiger partial charge in [-0.05, 0) is 6.07 Å². The minimum Gasteiger partial charge on any atom is -0.497 e. The fraction of sp³-hybridized carbons (Fsp3) is 0.538. The number of nitrogens with zero attached hydrogens (tertiary/aromatic N) is 1. The third-order valence-corrected chi connectivity index (χ3v) is 3.43. The van der Waals surface area contributed by atoms with Gasteiger partial charge in [-0.1, -0.05) is 0 Å². The monoisotopic (exact) mass is 282 g/mol. The number of methoxy groups -OCH3 is 1. The smallest absolute Gasteiger partial charge is 0.292 e. The molecular weight excluding hydrogens is 264 g/mol. The molecule has 0 unspecified atom stereocenters. The number of nitro benzene ring substituents is 1. The zero-order valence-corrected chi connectivity index (χ0v) is 11.3. The van der Waals surface area contributed by atoms with Crippen LogP contribution < -0.4 is 10.1 Å². The van der Waals surface area contributed by atoms with E-state index in [-0.39, 0.29) is 12.2 Å². The highest BCUT2D eigenvalue weighted by atomic mass is 16.6. The average molecular weight is 282 g/mol. The zero-order valence-electron chi connectivity index (χ0n) is 11.3. The summed E-state index contributed by atoms with van der Waals surface area (Å²) in [6.45, 7) is 1.24. The first-order chi connectivity index (χ1) is 9.54. The second-order valence-electron chi connectivity index (χ2n) is 4.83. The third kappa shape index (κ3) is 3.37. The molecule has 0 amide bonds. The first-order valence-electron chi connectivity index (χ1n) is 6.40. The molecule has 1 fully saturated rings. The Bertz CT molecular complexity index is 486. The van der Waals surface area contributed by atoms with E-state index < -0.39 is 10.5 Å². The lowest BCUT2D eigenvalue weighted by Crippen LogP contribution is -2.42. The van der Waals surface area contributed by atoms with Crippen molar-refractivity contribution in [1.29, 1.82) is 0 Å². The summed E-state index contributed by atoms with van der Waals surface area (Å²) in [7, 11) is 1.50. The zero-order chi connectivity index (χ0) is 14.6. The molecule has 0 spiro atoms. The van der Waals surface area contributed by atoms with Crippen LogP contribution >= 0.6 is 0 Å². The van der Waals surface area contributed by atoms with Crippen LogP contribution in [-0.2, 0) is 4.74 Å². The predicted octanol–water partition coefficient (Wildman–Crippen LogP) is 1.56. The van der Waals surface area contributed by atoms with Gasteiger partial charge >= 0.3 is 0 Å². The molecule has 1 aliphatic rings. The molecule has 0 aliphatic carbocycles. The van der Waals surface area contributed by atoms with Crippen molar-refractivity contribution in [2.24, 2.45) is 0 Å². The second-order valence-corrected chi connectivity index (χ2v) is 4.83. The molecule has 0 saturated carbocycles. The molecule has 20 heavy (non-hydrogen) atoms. The summed E-state index contributed by atoms with van der Waals surface area (Å²) >= 11 is 0. The van der Waals surface area contributed by atoms with E-state index in [1.165, 1.54) is 19.2 Å². The molecule has 1 aromatic carbocycles. The van der Waals surface area contributed by atoms with Gasteiger partial charge in [-0.2, -0.15) is 0 Å². The molecular formula is C13H18N2O5. The molecule has 2 rings (SSSR count). The van der Waals surface area contributed by atoms with Gasteiger partial charge in [-0.25, -0.2) is 0 Å². The normalized spacial score (nSPS) is 17.5. The van der Waals surface area contributed by atoms with Crippen LogP contribution in [0.5, 0.6) is 5.75 Å². The standard InChI is InChI=1S/C13H18N2O5/c1-19-10-2-3-12(15(17)18)11(8-10)14-9-13(16)4-6-20-7-5-13/h2-3,8,14,16H,4-7,9H2,1H3. The highest BCUT2D eigenvalue weighted by molar-refractivity contribution is 5.64. The van der Waals surface area contributed by atoms with Gasteiger partial charge in [0.2, 0.25) is 0 Å². The summed E-state index contributed by atoms with van der Waals surface area (Å²) in [4.78, 5) is 10.5.